The largest absolute Gasteiger partial charge is 0.326 e. The highest BCUT2D eigenvalue weighted by molar-refractivity contribution is 5.71. The Morgan fingerprint density at radius 2 is 2.00 bits per heavy atom. The zero-order chi connectivity index (χ0) is 18.5. The number of nitrogens with two attached hydrogens (primary N) is 1. The lowest BCUT2D eigenvalue weighted by Gasteiger charge is -2.25. The summed E-state index contributed by atoms with van der Waals surface area (Å²) in [6.07, 6.45) is 6.00. The first-order valence-corrected chi connectivity index (χ1v) is 9.99. The van der Waals surface area contributed by atoms with Crippen molar-refractivity contribution < 1.29 is 4.39 Å². The van der Waals surface area contributed by atoms with Gasteiger partial charge in [0.2, 0.25) is 0 Å². The number of fused-ring (bicyclic) bond motifs is 2. The summed E-state index contributed by atoms with van der Waals surface area (Å²) >= 11 is 0. The van der Waals surface area contributed by atoms with Gasteiger partial charge in [0.1, 0.15) is 11.9 Å². The number of rotatable bonds is 4. The summed E-state index contributed by atoms with van der Waals surface area (Å²) in [5.41, 5.74) is 11.2. The average molecular weight is 361 g/mol. The van der Waals surface area contributed by atoms with Crippen LogP contribution in [0.2, 0.25) is 0 Å². The quantitative estimate of drug-likeness (QED) is 0.883. The Morgan fingerprint density at radius 1 is 1.15 bits per heavy atom. The molecular formula is C23H24FN3. The molecule has 0 spiro atoms. The molecule has 3 atom stereocenters. The van der Waals surface area contributed by atoms with Gasteiger partial charge < -0.3 is 5.73 Å². The Bertz CT molecular complexity index is 928. The van der Waals surface area contributed by atoms with Gasteiger partial charge in [0.15, 0.2) is 0 Å². The second-order valence-electron chi connectivity index (χ2n) is 8.33. The van der Waals surface area contributed by atoms with E-state index in [-0.39, 0.29) is 5.56 Å². The Hall–Kier alpha value is -2.22. The minimum absolute atomic E-state index is 0.102. The van der Waals surface area contributed by atoms with E-state index in [1.807, 2.05) is 12.1 Å². The van der Waals surface area contributed by atoms with Gasteiger partial charge in [-0.2, -0.15) is 5.26 Å². The second-order valence-corrected chi connectivity index (χ2v) is 8.33. The lowest BCUT2D eigenvalue weighted by atomic mass is 9.91. The summed E-state index contributed by atoms with van der Waals surface area (Å²) < 4.78 is 14.2. The van der Waals surface area contributed by atoms with E-state index in [1.165, 1.54) is 42.9 Å². The van der Waals surface area contributed by atoms with Crippen LogP contribution in [0.15, 0.2) is 36.4 Å². The van der Waals surface area contributed by atoms with E-state index in [2.05, 4.69) is 23.1 Å². The monoisotopic (exact) mass is 361 g/mol. The number of halogens is 1. The Balaban J connectivity index is 1.53. The van der Waals surface area contributed by atoms with E-state index in [0.717, 1.165) is 24.1 Å². The van der Waals surface area contributed by atoms with Crippen molar-refractivity contribution in [3.05, 3.63) is 58.9 Å². The Kier molecular flexibility index (Phi) is 4.03. The van der Waals surface area contributed by atoms with Crippen LogP contribution in [-0.2, 0) is 6.54 Å². The van der Waals surface area contributed by atoms with Crippen LogP contribution in [0.5, 0.6) is 0 Å². The van der Waals surface area contributed by atoms with E-state index < -0.39 is 5.82 Å². The van der Waals surface area contributed by atoms with Crippen molar-refractivity contribution in [2.45, 2.75) is 62.7 Å². The van der Waals surface area contributed by atoms with Gasteiger partial charge in [0, 0.05) is 24.7 Å². The van der Waals surface area contributed by atoms with E-state index in [1.54, 1.807) is 6.07 Å². The van der Waals surface area contributed by atoms with Crippen LogP contribution in [0.3, 0.4) is 0 Å². The molecular weight excluding hydrogens is 337 g/mol. The van der Waals surface area contributed by atoms with E-state index in [9.17, 15) is 4.39 Å². The molecule has 5 rings (SSSR count). The molecule has 1 saturated carbocycles. The summed E-state index contributed by atoms with van der Waals surface area (Å²) in [4.78, 5) is 2.61. The molecule has 0 amide bonds. The number of nitriles is 1. The van der Waals surface area contributed by atoms with Crippen molar-refractivity contribution in [1.82, 2.24) is 4.90 Å². The molecule has 2 aromatic rings. The van der Waals surface area contributed by atoms with Crippen molar-refractivity contribution in [1.29, 1.82) is 5.26 Å². The van der Waals surface area contributed by atoms with Crippen LogP contribution in [-0.4, -0.2) is 23.0 Å². The second kappa shape index (κ2) is 6.44. The molecule has 2 heterocycles. The van der Waals surface area contributed by atoms with Crippen LogP contribution in [0.4, 0.5) is 4.39 Å². The van der Waals surface area contributed by atoms with Gasteiger partial charge >= 0.3 is 0 Å². The van der Waals surface area contributed by atoms with Crippen LogP contribution < -0.4 is 5.73 Å². The van der Waals surface area contributed by atoms with E-state index in [4.69, 9.17) is 11.0 Å². The Labute approximate surface area is 159 Å². The third-order valence-corrected chi connectivity index (χ3v) is 6.66. The molecule has 3 nitrogen and oxygen atoms in total. The number of hydrogen-bond donors (Lipinski definition) is 1. The number of hydrogen-bond acceptors (Lipinski definition) is 3. The molecule has 138 valence electrons. The molecule has 0 aromatic heterocycles. The van der Waals surface area contributed by atoms with Crippen molar-refractivity contribution >= 4 is 0 Å². The van der Waals surface area contributed by atoms with E-state index in [0.29, 0.717) is 24.0 Å². The molecule has 2 aromatic carbocycles. The minimum Gasteiger partial charge on any atom is -0.326 e. The zero-order valence-corrected chi connectivity index (χ0v) is 15.4. The standard InChI is InChI=1S/C23H24FN3/c24-20-10-15(6-7-16(20)12-25)19-3-1-2-17(23(19)14-4-5-14)13-27-18-8-9-22(27)21(26)11-18/h1-3,6-7,10,14,18,21-22H,4-5,8-9,11,13,26H2/t18-,21+,22+/m0/s1. The predicted molar refractivity (Wildman–Crippen MR) is 103 cm³/mol. The van der Waals surface area contributed by atoms with Crippen LogP contribution in [0.1, 0.15) is 54.7 Å². The molecule has 0 unspecified atom stereocenters. The van der Waals surface area contributed by atoms with Gasteiger partial charge in [-0.15, -0.1) is 0 Å². The third-order valence-electron chi connectivity index (χ3n) is 6.66. The maximum atomic E-state index is 14.2. The summed E-state index contributed by atoms with van der Waals surface area (Å²) in [6, 6.07) is 14.8. The molecule has 2 N–H and O–H groups in total. The highest BCUT2D eigenvalue weighted by Gasteiger charge is 2.44. The van der Waals surface area contributed by atoms with Crippen molar-refractivity contribution in [2.75, 3.05) is 0 Å². The highest BCUT2D eigenvalue weighted by Crippen LogP contribution is 2.47. The third kappa shape index (κ3) is 2.86. The molecule has 2 bridgehead atoms. The normalized spacial score (nSPS) is 27.1. The molecule has 2 saturated heterocycles. The van der Waals surface area contributed by atoms with Gasteiger partial charge in [0.05, 0.1) is 5.56 Å². The maximum Gasteiger partial charge on any atom is 0.141 e. The molecule has 3 aliphatic rings. The molecule has 2 aliphatic heterocycles. The zero-order valence-electron chi connectivity index (χ0n) is 15.4. The summed E-state index contributed by atoms with van der Waals surface area (Å²) in [7, 11) is 0. The number of benzene rings is 2. The summed E-state index contributed by atoms with van der Waals surface area (Å²) in [5, 5.41) is 9.01. The van der Waals surface area contributed by atoms with Gasteiger partial charge in [0.25, 0.3) is 0 Å². The van der Waals surface area contributed by atoms with Gasteiger partial charge in [-0.1, -0.05) is 24.3 Å². The molecule has 4 heteroatoms. The van der Waals surface area contributed by atoms with Gasteiger partial charge in [-0.05, 0) is 72.4 Å². The average Bonchev–Trinajstić information content (AvgIpc) is 3.39. The Morgan fingerprint density at radius 3 is 2.63 bits per heavy atom. The maximum absolute atomic E-state index is 14.2. The molecule has 3 fully saturated rings. The van der Waals surface area contributed by atoms with Crippen molar-refractivity contribution in [3.8, 4) is 17.2 Å². The van der Waals surface area contributed by atoms with Gasteiger partial charge in [-0.25, -0.2) is 4.39 Å². The van der Waals surface area contributed by atoms with Crippen molar-refractivity contribution in [2.24, 2.45) is 5.73 Å². The molecule has 27 heavy (non-hydrogen) atoms. The topological polar surface area (TPSA) is 53.0 Å². The predicted octanol–water partition coefficient (Wildman–Crippen LogP) is 4.31. The van der Waals surface area contributed by atoms with Crippen LogP contribution >= 0.6 is 0 Å². The van der Waals surface area contributed by atoms with Crippen molar-refractivity contribution in [3.63, 3.8) is 0 Å². The summed E-state index contributed by atoms with van der Waals surface area (Å²) in [5.74, 6) is 0.134. The molecule has 0 radical (unpaired) electrons. The van der Waals surface area contributed by atoms with Gasteiger partial charge in [-0.3, -0.25) is 4.90 Å². The SMILES string of the molecule is N#Cc1ccc(-c2cccc(CN3[C@H]4CC[C@@H]3[C@H](N)C4)c2C2CC2)cc1F. The first kappa shape index (κ1) is 16.9. The fraction of sp³-hybridized carbons (Fsp3) is 0.435. The first-order valence-electron chi connectivity index (χ1n) is 9.99. The smallest absolute Gasteiger partial charge is 0.141 e. The highest BCUT2D eigenvalue weighted by atomic mass is 19.1. The van der Waals surface area contributed by atoms with Crippen LogP contribution in [0.25, 0.3) is 11.1 Å². The first-order chi connectivity index (χ1) is 13.2. The lowest BCUT2D eigenvalue weighted by Crippen LogP contribution is -2.36. The fourth-order valence-corrected chi connectivity index (χ4v) is 5.22. The lowest BCUT2D eigenvalue weighted by molar-refractivity contribution is 0.238. The minimum atomic E-state index is -0.439. The van der Waals surface area contributed by atoms with Crippen LogP contribution in [0, 0.1) is 17.1 Å². The molecule has 1 aliphatic carbocycles. The number of nitrogens with zero attached hydrogens (tertiary/aromatic N) is 2. The summed E-state index contributed by atoms with van der Waals surface area (Å²) in [6.45, 7) is 0.946. The van der Waals surface area contributed by atoms with E-state index >= 15 is 0 Å². The fourth-order valence-electron chi connectivity index (χ4n) is 5.22.